The minimum absolute atomic E-state index is 0.115. The van der Waals surface area contributed by atoms with Gasteiger partial charge in [0.25, 0.3) is 0 Å². The summed E-state index contributed by atoms with van der Waals surface area (Å²) in [6.45, 7) is 7.25. The van der Waals surface area contributed by atoms with Crippen LogP contribution in [0.1, 0.15) is 42.3 Å². The summed E-state index contributed by atoms with van der Waals surface area (Å²) in [5.41, 5.74) is 3.85. The predicted octanol–water partition coefficient (Wildman–Crippen LogP) is 2.90. The van der Waals surface area contributed by atoms with Crippen LogP contribution in [0.5, 0.6) is 17.2 Å². The number of aromatic nitrogens is 1. The first-order chi connectivity index (χ1) is 15.4. The van der Waals surface area contributed by atoms with Crippen LogP contribution in [0.4, 0.5) is 0 Å². The van der Waals surface area contributed by atoms with Crippen molar-refractivity contribution in [3.05, 3.63) is 50.9 Å². The number of nitrogens with zero attached hydrogens (tertiary/aromatic N) is 3. The Balaban J connectivity index is 1.53. The van der Waals surface area contributed by atoms with Gasteiger partial charge in [0.1, 0.15) is 0 Å². The highest BCUT2D eigenvalue weighted by molar-refractivity contribution is 5.48. The Morgan fingerprint density at radius 3 is 2.28 bits per heavy atom. The molecule has 0 unspecified atom stereocenters. The number of likely N-dealkylation sites (tertiary alicyclic amines) is 1. The summed E-state index contributed by atoms with van der Waals surface area (Å²) >= 11 is 0. The van der Waals surface area contributed by atoms with Crippen molar-refractivity contribution in [3.8, 4) is 17.2 Å². The highest BCUT2D eigenvalue weighted by atomic mass is 16.5. The maximum atomic E-state index is 12.6. The molecule has 0 atom stereocenters. The molecule has 4 rings (SSSR count). The number of hydrogen-bond donors (Lipinski definition) is 1. The number of rotatable bonds is 6. The average Bonchev–Trinajstić information content (AvgIpc) is 2.80. The van der Waals surface area contributed by atoms with Crippen molar-refractivity contribution in [2.75, 3.05) is 33.9 Å². The van der Waals surface area contributed by atoms with Crippen molar-refractivity contribution < 1.29 is 14.6 Å². The molecular weight excluding hydrogens is 406 g/mol. The number of methoxy groups -OCH3 is 2. The van der Waals surface area contributed by atoms with Gasteiger partial charge < -0.3 is 19.1 Å². The molecule has 7 heteroatoms. The first kappa shape index (κ1) is 22.7. The summed E-state index contributed by atoms with van der Waals surface area (Å²) in [5.74, 6) is 2.13. The molecule has 174 valence electrons. The molecule has 1 aromatic heterocycles. The number of ether oxygens (including phenoxy) is 2. The lowest BCUT2D eigenvalue weighted by Crippen LogP contribution is -2.35. The third kappa shape index (κ3) is 4.64. The molecule has 1 fully saturated rings. The van der Waals surface area contributed by atoms with Crippen LogP contribution < -0.4 is 14.9 Å². The van der Waals surface area contributed by atoms with Crippen molar-refractivity contribution in [2.45, 2.75) is 45.8 Å². The molecular formula is C25H35N3O4. The number of hydrogen-bond acceptors (Lipinski definition) is 6. The van der Waals surface area contributed by atoms with E-state index in [0.29, 0.717) is 18.8 Å². The van der Waals surface area contributed by atoms with E-state index in [1.54, 1.807) is 20.3 Å². The van der Waals surface area contributed by atoms with Crippen LogP contribution in [0.25, 0.3) is 0 Å². The van der Waals surface area contributed by atoms with Crippen LogP contribution in [-0.4, -0.2) is 53.3 Å². The zero-order valence-corrected chi connectivity index (χ0v) is 19.7. The fourth-order valence-electron chi connectivity index (χ4n) is 4.86. The first-order valence-corrected chi connectivity index (χ1v) is 11.5. The molecule has 0 saturated carbocycles. The quantitative estimate of drug-likeness (QED) is 0.744. The number of benzene rings is 1. The Bertz CT molecular complexity index is 1020. The molecule has 1 saturated heterocycles. The van der Waals surface area contributed by atoms with Gasteiger partial charge in [-0.05, 0) is 61.5 Å². The summed E-state index contributed by atoms with van der Waals surface area (Å²) in [6, 6.07) is 5.71. The lowest BCUT2D eigenvalue weighted by Gasteiger charge is -2.32. The molecule has 0 amide bonds. The van der Waals surface area contributed by atoms with Crippen LogP contribution in [0.15, 0.2) is 23.0 Å². The Morgan fingerprint density at radius 1 is 0.969 bits per heavy atom. The zero-order valence-electron chi connectivity index (χ0n) is 19.7. The summed E-state index contributed by atoms with van der Waals surface area (Å²) in [5, 5.41) is 10.5. The topological polar surface area (TPSA) is 67.2 Å². The van der Waals surface area contributed by atoms with E-state index >= 15 is 0 Å². The van der Waals surface area contributed by atoms with Crippen LogP contribution in [-0.2, 0) is 33.1 Å². The Hall–Kier alpha value is -2.51. The first-order valence-electron chi connectivity index (χ1n) is 11.5. The minimum Gasteiger partial charge on any atom is -0.503 e. The maximum Gasteiger partial charge on any atom is 0.223 e. The summed E-state index contributed by atoms with van der Waals surface area (Å²) in [4.78, 5) is 17.3. The third-order valence-corrected chi connectivity index (χ3v) is 7.07. The molecule has 1 aromatic carbocycles. The minimum atomic E-state index is -0.290. The van der Waals surface area contributed by atoms with E-state index in [2.05, 4.69) is 28.9 Å². The fraction of sp³-hybridized carbons (Fsp3) is 0.560. The van der Waals surface area contributed by atoms with Crippen molar-refractivity contribution in [2.24, 2.45) is 13.0 Å². The second-order valence-corrected chi connectivity index (χ2v) is 9.25. The van der Waals surface area contributed by atoms with Crippen LogP contribution in [0, 0.1) is 5.92 Å². The van der Waals surface area contributed by atoms with E-state index in [1.165, 1.54) is 11.1 Å². The maximum absolute atomic E-state index is 12.6. The van der Waals surface area contributed by atoms with E-state index in [9.17, 15) is 9.90 Å². The molecule has 32 heavy (non-hydrogen) atoms. The molecule has 0 radical (unpaired) electrons. The van der Waals surface area contributed by atoms with Gasteiger partial charge in [0.15, 0.2) is 17.2 Å². The molecule has 2 aliphatic rings. The predicted molar refractivity (Wildman–Crippen MR) is 124 cm³/mol. The molecule has 3 heterocycles. The molecule has 2 aliphatic heterocycles. The van der Waals surface area contributed by atoms with Crippen LogP contribution in [0.2, 0.25) is 0 Å². The van der Waals surface area contributed by atoms with E-state index in [1.807, 2.05) is 11.6 Å². The zero-order chi connectivity index (χ0) is 22.8. The highest BCUT2D eigenvalue weighted by Gasteiger charge is 2.23. The fourth-order valence-corrected chi connectivity index (χ4v) is 4.86. The summed E-state index contributed by atoms with van der Waals surface area (Å²) < 4.78 is 12.9. The van der Waals surface area contributed by atoms with Gasteiger partial charge in [0.2, 0.25) is 5.43 Å². The molecule has 7 nitrogen and oxygen atoms in total. The second-order valence-electron chi connectivity index (χ2n) is 9.25. The molecule has 0 aliphatic carbocycles. The largest absolute Gasteiger partial charge is 0.503 e. The van der Waals surface area contributed by atoms with Gasteiger partial charge in [-0.3, -0.25) is 14.6 Å². The molecule has 0 spiro atoms. The van der Waals surface area contributed by atoms with E-state index in [4.69, 9.17) is 9.47 Å². The van der Waals surface area contributed by atoms with Crippen molar-refractivity contribution >= 4 is 0 Å². The smallest absolute Gasteiger partial charge is 0.223 e. The lowest BCUT2D eigenvalue weighted by molar-refractivity contribution is 0.178. The van der Waals surface area contributed by atoms with Crippen LogP contribution in [0.3, 0.4) is 0 Å². The van der Waals surface area contributed by atoms with Gasteiger partial charge >= 0.3 is 0 Å². The van der Waals surface area contributed by atoms with Gasteiger partial charge in [-0.1, -0.05) is 6.92 Å². The van der Waals surface area contributed by atoms with Gasteiger partial charge in [-0.2, -0.15) is 0 Å². The molecule has 0 bridgehead atoms. The average molecular weight is 442 g/mol. The second kappa shape index (κ2) is 9.55. The van der Waals surface area contributed by atoms with Crippen molar-refractivity contribution in [3.63, 3.8) is 0 Å². The summed E-state index contributed by atoms with van der Waals surface area (Å²) in [7, 11) is 5.27. The third-order valence-electron chi connectivity index (χ3n) is 7.07. The lowest BCUT2D eigenvalue weighted by atomic mass is 9.98. The SMILES string of the molecule is COc1cc2c(cc1OC)CN(Cc1cc(=O)c(O)c(CN3CCC(C)CC3)n1C)CC2. The normalized spacial score (nSPS) is 17.9. The van der Waals surface area contributed by atoms with E-state index in [-0.39, 0.29) is 11.2 Å². The van der Waals surface area contributed by atoms with E-state index in [0.717, 1.165) is 68.6 Å². The Labute approximate surface area is 190 Å². The molecule has 1 N–H and O–H groups in total. The monoisotopic (exact) mass is 441 g/mol. The molecule has 2 aromatic rings. The number of piperidine rings is 1. The number of pyridine rings is 1. The van der Waals surface area contributed by atoms with Crippen LogP contribution >= 0.6 is 0 Å². The van der Waals surface area contributed by atoms with E-state index < -0.39 is 0 Å². The number of aromatic hydroxyl groups is 1. The number of fused-ring (bicyclic) bond motifs is 1. The standard InChI is InChI=1S/C25H35N3O4/c1-17-5-8-27(9-6-17)16-21-25(30)22(29)13-20(26(21)2)15-28-10-7-18-11-23(31-3)24(32-4)12-19(18)14-28/h11-13,17,30H,5-10,14-16H2,1-4H3. The van der Waals surface area contributed by atoms with Gasteiger partial charge in [-0.15, -0.1) is 0 Å². The summed E-state index contributed by atoms with van der Waals surface area (Å²) in [6.07, 6.45) is 3.24. The van der Waals surface area contributed by atoms with Gasteiger partial charge in [-0.25, -0.2) is 0 Å². The van der Waals surface area contributed by atoms with Crippen molar-refractivity contribution in [1.82, 2.24) is 14.4 Å². The highest BCUT2D eigenvalue weighted by Crippen LogP contribution is 2.33. The van der Waals surface area contributed by atoms with Gasteiger partial charge in [0.05, 0.1) is 19.9 Å². The Morgan fingerprint density at radius 2 is 1.62 bits per heavy atom. The Kier molecular flexibility index (Phi) is 6.76. The van der Waals surface area contributed by atoms with Crippen molar-refractivity contribution in [1.29, 1.82) is 0 Å². The van der Waals surface area contributed by atoms with Gasteiger partial charge in [0, 0.05) is 45.0 Å².